The molecule has 0 bridgehead atoms. The second-order valence-corrected chi connectivity index (χ2v) is 6.73. The molecule has 4 nitrogen and oxygen atoms in total. The molecule has 1 fully saturated rings. The molecule has 2 N–H and O–H groups in total. The zero-order chi connectivity index (χ0) is 16.3. The van der Waals surface area contributed by atoms with Crippen molar-refractivity contribution in [2.75, 3.05) is 11.9 Å². The number of hydrogen-bond donors (Lipinski definition) is 2. The fourth-order valence-electron chi connectivity index (χ4n) is 2.57. The van der Waals surface area contributed by atoms with Crippen molar-refractivity contribution in [3.8, 4) is 0 Å². The van der Waals surface area contributed by atoms with Crippen LogP contribution >= 0.6 is 0 Å². The first-order chi connectivity index (χ1) is 10.4. The molecule has 0 aromatic heterocycles. The van der Waals surface area contributed by atoms with Crippen LogP contribution in [0.5, 0.6) is 0 Å². The number of hydrogen-bond acceptors (Lipinski definition) is 2. The van der Waals surface area contributed by atoms with E-state index in [4.69, 9.17) is 0 Å². The Labute approximate surface area is 132 Å². The molecule has 0 saturated heterocycles. The number of carbonyl (C=O) groups is 2. The molecule has 2 atom stereocenters. The Balaban J connectivity index is 1.81. The maximum atomic E-state index is 12.2. The predicted octanol–water partition coefficient (Wildman–Crippen LogP) is 3.04. The molecule has 0 heterocycles. The zero-order valence-corrected chi connectivity index (χ0v) is 13.9. The second-order valence-electron chi connectivity index (χ2n) is 6.73. The van der Waals surface area contributed by atoms with E-state index in [-0.39, 0.29) is 23.7 Å². The van der Waals surface area contributed by atoms with Crippen molar-refractivity contribution in [2.24, 2.45) is 17.8 Å². The van der Waals surface area contributed by atoms with Crippen molar-refractivity contribution < 1.29 is 9.59 Å². The maximum absolute atomic E-state index is 12.2. The van der Waals surface area contributed by atoms with Crippen LogP contribution in [0, 0.1) is 31.6 Å². The largest absolute Gasteiger partial charge is 0.356 e. The van der Waals surface area contributed by atoms with Gasteiger partial charge >= 0.3 is 0 Å². The van der Waals surface area contributed by atoms with E-state index in [0.29, 0.717) is 18.9 Å². The monoisotopic (exact) mass is 302 g/mol. The smallest absolute Gasteiger partial charge is 0.228 e. The third-order valence-electron chi connectivity index (χ3n) is 4.12. The molecule has 4 heteroatoms. The lowest BCUT2D eigenvalue weighted by atomic mass is 10.1. The lowest BCUT2D eigenvalue weighted by Crippen LogP contribution is -2.28. The van der Waals surface area contributed by atoms with E-state index in [1.807, 2.05) is 32.0 Å². The van der Waals surface area contributed by atoms with Crippen LogP contribution in [-0.4, -0.2) is 18.4 Å². The zero-order valence-electron chi connectivity index (χ0n) is 13.9. The van der Waals surface area contributed by atoms with Crippen LogP contribution in [0.3, 0.4) is 0 Å². The number of nitrogens with one attached hydrogen (secondary N) is 2. The molecule has 22 heavy (non-hydrogen) atoms. The van der Waals surface area contributed by atoms with Gasteiger partial charge in [0.05, 0.1) is 11.8 Å². The predicted molar refractivity (Wildman–Crippen MR) is 88.6 cm³/mol. The van der Waals surface area contributed by atoms with Gasteiger partial charge in [-0.2, -0.15) is 0 Å². The van der Waals surface area contributed by atoms with Crippen LogP contribution < -0.4 is 10.6 Å². The third-order valence-corrected chi connectivity index (χ3v) is 4.12. The summed E-state index contributed by atoms with van der Waals surface area (Å²) in [4.78, 5) is 24.2. The molecule has 1 aliphatic rings. The highest BCUT2D eigenvalue weighted by molar-refractivity contribution is 5.99. The standard InChI is InChI=1S/C18H26N2O2/c1-11(2)7-8-19-17(21)14-10-15(14)18(22)20-16-6-5-12(3)9-13(16)4/h5-6,9,11,14-15H,7-8,10H2,1-4H3,(H,19,21)(H,20,22). The first kappa shape index (κ1) is 16.5. The first-order valence-corrected chi connectivity index (χ1v) is 8.04. The van der Waals surface area contributed by atoms with Crippen molar-refractivity contribution >= 4 is 17.5 Å². The summed E-state index contributed by atoms with van der Waals surface area (Å²) >= 11 is 0. The molecule has 0 aliphatic heterocycles. The van der Waals surface area contributed by atoms with Gasteiger partial charge in [0.15, 0.2) is 0 Å². The molecule has 1 aliphatic carbocycles. The summed E-state index contributed by atoms with van der Waals surface area (Å²) in [7, 11) is 0. The normalized spacial score (nSPS) is 19.9. The van der Waals surface area contributed by atoms with Crippen LogP contribution in [0.1, 0.15) is 37.8 Å². The van der Waals surface area contributed by atoms with Crippen molar-refractivity contribution in [1.29, 1.82) is 0 Å². The lowest BCUT2D eigenvalue weighted by molar-refractivity contribution is -0.125. The summed E-state index contributed by atoms with van der Waals surface area (Å²) in [6.07, 6.45) is 1.63. The van der Waals surface area contributed by atoms with Crippen LogP contribution in [0.2, 0.25) is 0 Å². The van der Waals surface area contributed by atoms with E-state index in [1.165, 1.54) is 5.56 Å². The Morgan fingerprint density at radius 2 is 1.86 bits per heavy atom. The van der Waals surface area contributed by atoms with E-state index in [0.717, 1.165) is 17.7 Å². The SMILES string of the molecule is Cc1ccc(NC(=O)C2CC2C(=O)NCCC(C)C)c(C)c1. The highest BCUT2D eigenvalue weighted by Gasteiger charge is 2.47. The topological polar surface area (TPSA) is 58.2 Å². The summed E-state index contributed by atoms with van der Waals surface area (Å²) in [6, 6.07) is 5.94. The fraction of sp³-hybridized carbons (Fsp3) is 0.556. The van der Waals surface area contributed by atoms with Gasteiger partial charge in [-0.15, -0.1) is 0 Å². The van der Waals surface area contributed by atoms with Gasteiger partial charge in [0, 0.05) is 12.2 Å². The van der Waals surface area contributed by atoms with E-state index < -0.39 is 0 Å². The Morgan fingerprint density at radius 3 is 2.50 bits per heavy atom. The molecule has 1 aromatic carbocycles. The highest BCUT2D eigenvalue weighted by atomic mass is 16.2. The fourth-order valence-corrected chi connectivity index (χ4v) is 2.57. The second kappa shape index (κ2) is 6.95. The minimum atomic E-state index is -0.181. The summed E-state index contributed by atoms with van der Waals surface area (Å²) in [5.74, 6) is 0.207. The number of amides is 2. The van der Waals surface area contributed by atoms with Crippen molar-refractivity contribution in [3.63, 3.8) is 0 Å². The van der Waals surface area contributed by atoms with Gasteiger partial charge in [-0.25, -0.2) is 0 Å². The summed E-state index contributed by atoms with van der Waals surface area (Å²) in [6.45, 7) is 8.95. The lowest BCUT2D eigenvalue weighted by Gasteiger charge is -2.09. The molecule has 2 amide bonds. The van der Waals surface area contributed by atoms with Gasteiger partial charge in [-0.1, -0.05) is 31.5 Å². The Kier molecular flexibility index (Phi) is 5.22. The van der Waals surface area contributed by atoms with Gasteiger partial charge in [0.2, 0.25) is 11.8 Å². The van der Waals surface area contributed by atoms with Crippen LogP contribution in [0.4, 0.5) is 5.69 Å². The van der Waals surface area contributed by atoms with Gasteiger partial charge < -0.3 is 10.6 Å². The number of benzene rings is 1. The number of carbonyl (C=O) groups excluding carboxylic acids is 2. The van der Waals surface area contributed by atoms with Gasteiger partial charge in [0.25, 0.3) is 0 Å². The van der Waals surface area contributed by atoms with Gasteiger partial charge in [-0.05, 0) is 44.2 Å². The number of anilines is 1. The summed E-state index contributed by atoms with van der Waals surface area (Å²) in [5, 5.41) is 5.86. The quantitative estimate of drug-likeness (QED) is 0.848. The molecular formula is C18H26N2O2. The van der Waals surface area contributed by atoms with E-state index in [2.05, 4.69) is 24.5 Å². The van der Waals surface area contributed by atoms with Crippen molar-refractivity contribution in [3.05, 3.63) is 29.3 Å². The van der Waals surface area contributed by atoms with E-state index in [9.17, 15) is 9.59 Å². The third kappa shape index (κ3) is 4.33. The minimum absolute atomic E-state index is 0.0152. The minimum Gasteiger partial charge on any atom is -0.356 e. The molecular weight excluding hydrogens is 276 g/mol. The highest BCUT2D eigenvalue weighted by Crippen LogP contribution is 2.39. The van der Waals surface area contributed by atoms with Crippen molar-refractivity contribution in [2.45, 2.75) is 40.5 Å². The molecule has 1 aromatic rings. The van der Waals surface area contributed by atoms with E-state index in [1.54, 1.807) is 0 Å². The average molecular weight is 302 g/mol. The molecule has 0 spiro atoms. The Hall–Kier alpha value is -1.84. The van der Waals surface area contributed by atoms with Gasteiger partial charge in [0.1, 0.15) is 0 Å². The molecule has 2 unspecified atom stereocenters. The first-order valence-electron chi connectivity index (χ1n) is 8.04. The molecule has 0 radical (unpaired) electrons. The van der Waals surface area contributed by atoms with Gasteiger partial charge in [-0.3, -0.25) is 9.59 Å². The van der Waals surface area contributed by atoms with Crippen LogP contribution in [0.25, 0.3) is 0 Å². The van der Waals surface area contributed by atoms with Crippen LogP contribution in [-0.2, 0) is 9.59 Å². The molecule has 120 valence electrons. The van der Waals surface area contributed by atoms with Crippen LogP contribution in [0.15, 0.2) is 18.2 Å². The molecule has 1 saturated carbocycles. The number of aryl methyl sites for hydroxylation is 2. The summed E-state index contributed by atoms with van der Waals surface area (Å²) in [5.41, 5.74) is 3.05. The maximum Gasteiger partial charge on any atom is 0.228 e. The Morgan fingerprint density at radius 1 is 1.18 bits per heavy atom. The number of rotatable bonds is 6. The van der Waals surface area contributed by atoms with Crippen molar-refractivity contribution in [1.82, 2.24) is 5.32 Å². The van der Waals surface area contributed by atoms with E-state index >= 15 is 0 Å². The summed E-state index contributed by atoms with van der Waals surface area (Å²) < 4.78 is 0. The average Bonchev–Trinajstić information content (AvgIpc) is 3.22. The Bertz CT molecular complexity index is 566. The molecule has 2 rings (SSSR count).